The molecule has 1 fully saturated rings. The standard InChI is InChI=1S/C13H27NO2/c1-4-10(2)13(15)9-14-11(3)8-12-6-5-7-16-12/h10-15H,4-9H2,1-3H3. The summed E-state index contributed by atoms with van der Waals surface area (Å²) < 4.78 is 5.60. The van der Waals surface area contributed by atoms with Crippen LogP contribution in [0.15, 0.2) is 0 Å². The molecule has 0 amide bonds. The van der Waals surface area contributed by atoms with Crippen molar-refractivity contribution in [1.29, 1.82) is 0 Å². The molecule has 0 bridgehead atoms. The first kappa shape index (κ1) is 13.9. The molecule has 0 aromatic rings. The summed E-state index contributed by atoms with van der Waals surface area (Å²) in [5.41, 5.74) is 0. The first-order valence-electron chi connectivity index (χ1n) is 6.66. The largest absolute Gasteiger partial charge is 0.392 e. The Kier molecular flexibility index (Phi) is 6.32. The first-order valence-corrected chi connectivity index (χ1v) is 6.66. The summed E-state index contributed by atoms with van der Waals surface area (Å²) in [5.74, 6) is 0.377. The maximum absolute atomic E-state index is 9.83. The van der Waals surface area contributed by atoms with Gasteiger partial charge in [-0.2, -0.15) is 0 Å². The first-order chi connectivity index (χ1) is 7.63. The monoisotopic (exact) mass is 229 g/mol. The Morgan fingerprint density at radius 3 is 2.75 bits per heavy atom. The molecule has 1 rings (SSSR count). The third kappa shape index (κ3) is 4.81. The molecule has 1 saturated heterocycles. The van der Waals surface area contributed by atoms with Crippen LogP contribution in [0.25, 0.3) is 0 Å². The van der Waals surface area contributed by atoms with Crippen molar-refractivity contribution in [2.24, 2.45) is 5.92 Å². The average molecular weight is 229 g/mol. The van der Waals surface area contributed by atoms with Gasteiger partial charge >= 0.3 is 0 Å². The summed E-state index contributed by atoms with van der Waals surface area (Å²) in [5, 5.41) is 13.2. The molecular formula is C13H27NO2. The van der Waals surface area contributed by atoms with Gasteiger partial charge in [0.15, 0.2) is 0 Å². The van der Waals surface area contributed by atoms with Crippen LogP contribution in [0.3, 0.4) is 0 Å². The van der Waals surface area contributed by atoms with Gasteiger partial charge in [-0.05, 0) is 32.1 Å². The van der Waals surface area contributed by atoms with Gasteiger partial charge in [0, 0.05) is 19.2 Å². The van der Waals surface area contributed by atoms with Crippen LogP contribution < -0.4 is 5.32 Å². The van der Waals surface area contributed by atoms with E-state index >= 15 is 0 Å². The summed E-state index contributed by atoms with van der Waals surface area (Å²) in [6.07, 6.45) is 4.70. The van der Waals surface area contributed by atoms with Crippen LogP contribution in [0.4, 0.5) is 0 Å². The maximum Gasteiger partial charge on any atom is 0.0690 e. The minimum absolute atomic E-state index is 0.225. The summed E-state index contributed by atoms with van der Waals surface area (Å²) in [6.45, 7) is 8.00. The van der Waals surface area contributed by atoms with Crippen LogP contribution >= 0.6 is 0 Å². The van der Waals surface area contributed by atoms with Crippen LogP contribution in [-0.4, -0.2) is 36.5 Å². The molecule has 96 valence electrons. The zero-order chi connectivity index (χ0) is 12.0. The molecular weight excluding hydrogens is 202 g/mol. The third-order valence-corrected chi connectivity index (χ3v) is 3.62. The average Bonchev–Trinajstić information content (AvgIpc) is 2.77. The molecule has 4 atom stereocenters. The predicted octanol–water partition coefficient (Wildman–Crippen LogP) is 1.94. The number of nitrogens with one attached hydrogen (secondary N) is 1. The molecule has 2 N–H and O–H groups in total. The second-order valence-corrected chi connectivity index (χ2v) is 5.13. The zero-order valence-electron chi connectivity index (χ0n) is 10.9. The second-order valence-electron chi connectivity index (χ2n) is 5.13. The van der Waals surface area contributed by atoms with Gasteiger partial charge in [-0.15, -0.1) is 0 Å². The lowest BCUT2D eigenvalue weighted by Crippen LogP contribution is -2.38. The van der Waals surface area contributed by atoms with Gasteiger partial charge in [-0.1, -0.05) is 20.3 Å². The van der Waals surface area contributed by atoms with E-state index in [0.29, 0.717) is 24.6 Å². The Morgan fingerprint density at radius 2 is 2.19 bits per heavy atom. The van der Waals surface area contributed by atoms with E-state index in [1.165, 1.54) is 12.8 Å². The topological polar surface area (TPSA) is 41.5 Å². The van der Waals surface area contributed by atoms with E-state index in [1.807, 2.05) is 0 Å². The summed E-state index contributed by atoms with van der Waals surface area (Å²) in [4.78, 5) is 0. The lowest BCUT2D eigenvalue weighted by atomic mass is 10.0. The van der Waals surface area contributed by atoms with Crippen molar-refractivity contribution in [2.45, 2.75) is 64.7 Å². The lowest BCUT2D eigenvalue weighted by molar-refractivity contribution is 0.0861. The van der Waals surface area contributed by atoms with Gasteiger partial charge in [0.1, 0.15) is 0 Å². The van der Waals surface area contributed by atoms with Gasteiger partial charge in [0.2, 0.25) is 0 Å². The van der Waals surface area contributed by atoms with Crippen LogP contribution in [0.5, 0.6) is 0 Å². The molecule has 0 aromatic heterocycles. The summed E-state index contributed by atoms with van der Waals surface area (Å²) in [7, 11) is 0. The molecule has 4 unspecified atom stereocenters. The van der Waals surface area contributed by atoms with Crippen molar-refractivity contribution in [1.82, 2.24) is 5.32 Å². The number of hydrogen-bond acceptors (Lipinski definition) is 3. The second kappa shape index (κ2) is 7.25. The highest BCUT2D eigenvalue weighted by atomic mass is 16.5. The minimum atomic E-state index is -0.225. The molecule has 3 heteroatoms. The van der Waals surface area contributed by atoms with Crippen LogP contribution in [0, 0.1) is 5.92 Å². The molecule has 3 nitrogen and oxygen atoms in total. The van der Waals surface area contributed by atoms with Crippen molar-refractivity contribution in [3.63, 3.8) is 0 Å². The quantitative estimate of drug-likeness (QED) is 0.701. The fourth-order valence-electron chi connectivity index (χ4n) is 2.10. The number of hydrogen-bond donors (Lipinski definition) is 2. The zero-order valence-corrected chi connectivity index (χ0v) is 10.9. The van der Waals surface area contributed by atoms with E-state index in [-0.39, 0.29) is 6.10 Å². The van der Waals surface area contributed by atoms with E-state index in [0.717, 1.165) is 19.4 Å². The molecule has 1 aliphatic rings. The van der Waals surface area contributed by atoms with Gasteiger partial charge in [-0.25, -0.2) is 0 Å². The number of ether oxygens (including phenoxy) is 1. The summed E-state index contributed by atoms with van der Waals surface area (Å²) >= 11 is 0. The Hall–Kier alpha value is -0.120. The Bertz CT molecular complexity index is 181. The van der Waals surface area contributed by atoms with Crippen molar-refractivity contribution >= 4 is 0 Å². The van der Waals surface area contributed by atoms with Gasteiger partial charge in [-0.3, -0.25) is 0 Å². The molecule has 16 heavy (non-hydrogen) atoms. The maximum atomic E-state index is 9.83. The van der Waals surface area contributed by atoms with E-state index in [9.17, 15) is 5.11 Å². The molecule has 1 heterocycles. The van der Waals surface area contributed by atoms with Crippen molar-refractivity contribution in [2.75, 3.05) is 13.2 Å². The molecule has 1 aliphatic heterocycles. The van der Waals surface area contributed by atoms with Crippen LogP contribution in [0.1, 0.15) is 46.5 Å². The lowest BCUT2D eigenvalue weighted by Gasteiger charge is -2.22. The van der Waals surface area contributed by atoms with E-state index in [4.69, 9.17) is 4.74 Å². The number of rotatable bonds is 7. The van der Waals surface area contributed by atoms with E-state index < -0.39 is 0 Å². The molecule has 0 aromatic carbocycles. The Morgan fingerprint density at radius 1 is 1.44 bits per heavy atom. The molecule has 0 radical (unpaired) electrons. The van der Waals surface area contributed by atoms with E-state index in [2.05, 4.69) is 26.1 Å². The highest BCUT2D eigenvalue weighted by molar-refractivity contribution is 4.74. The predicted molar refractivity (Wildman–Crippen MR) is 66.5 cm³/mol. The van der Waals surface area contributed by atoms with Gasteiger partial charge < -0.3 is 15.2 Å². The fraction of sp³-hybridized carbons (Fsp3) is 1.00. The van der Waals surface area contributed by atoms with Crippen molar-refractivity contribution in [3.05, 3.63) is 0 Å². The fourth-order valence-corrected chi connectivity index (χ4v) is 2.10. The smallest absolute Gasteiger partial charge is 0.0690 e. The summed E-state index contributed by atoms with van der Waals surface area (Å²) in [6, 6.07) is 0.432. The highest BCUT2D eigenvalue weighted by Crippen LogP contribution is 2.17. The van der Waals surface area contributed by atoms with Gasteiger partial charge in [0.05, 0.1) is 12.2 Å². The SMILES string of the molecule is CCC(C)C(O)CNC(C)CC1CCCO1. The molecule has 0 saturated carbocycles. The normalized spacial score (nSPS) is 26.6. The van der Waals surface area contributed by atoms with Crippen molar-refractivity contribution in [3.8, 4) is 0 Å². The third-order valence-electron chi connectivity index (χ3n) is 3.62. The Labute approximate surface area is 99.6 Å². The molecule has 0 spiro atoms. The van der Waals surface area contributed by atoms with E-state index in [1.54, 1.807) is 0 Å². The van der Waals surface area contributed by atoms with Crippen LogP contribution in [-0.2, 0) is 4.74 Å². The van der Waals surface area contributed by atoms with Gasteiger partial charge in [0.25, 0.3) is 0 Å². The molecule has 0 aliphatic carbocycles. The minimum Gasteiger partial charge on any atom is -0.392 e. The highest BCUT2D eigenvalue weighted by Gasteiger charge is 2.19. The van der Waals surface area contributed by atoms with Crippen molar-refractivity contribution < 1.29 is 9.84 Å². The number of aliphatic hydroxyl groups excluding tert-OH is 1. The number of aliphatic hydroxyl groups is 1. The van der Waals surface area contributed by atoms with Crippen LogP contribution in [0.2, 0.25) is 0 Å². The Balaban J connectivity index is 2.11.